The van der Waals surface area contributed by atoms with E-state index in [1.54, 1.807) is 11.3 Å². The Bertz CT molecular complexity index is 1450. The number of pyridine rings is 2. The highest BCUT2D eigenvalue weighted by Crippen LogP contribution is 2.39. The Hall–Kier alpha value is -2.51. The van der Waals surface area contributed by atoms with Gasteiger partial charge < -0.3 is 5.11 Å². The maximum absolute atomic E-state index is 13.3. The number of aromatic nitrogens is 2. The molecular formula is C26H23IN2O2. The van der Waals surface area contributed by atoms with Crippen LogP contribution < -0.4 is 10.9 Å². The van der Waals surface area contributed by atoms with Crippen LogP contribution in [0.2, 0.25) is 0 Å². The van der Waals surface area contributed by atoms with Crippen LogP contribution in [0.15, 0.2) is 59.5 Å². The second-order valence-corrected chi connectivity index (χ2v) is 9.43. The van der Waals surface area contributed by atoms with E-state index in [0.29, 0.717) is 17.5 Å². The third-order valence-corrected chi connectivity index (χ3v) is 7.16. The van der Waals surface area contributed by atoms with Crippen molar-refractivity contribution in [1.29, 1.82) is 0 Å². The SMILES string of the molecule is CCCC(O)c1cc2c3nc4c(c(-c5ccccc5)c3cn2c(=O)c1C)C(I)C=CC=4. The van der Waals surface area contributed by atoms with E-state index in [4.69, 9.17) is 4.98 Å². The topological polar surface area (TPSA) is 54.6 Å². The van der Waals surface area contributed by atoms with E-state index in [0.717, 1.165) is 39.3 Å². The smallest absolute Gasteiger partial charge is 0.258 e. The molecule has 5 heteroatoms. The Morgan fingerprint density at radius 3 is 2.77 bits per heavy atom. The van der Waals surface area contributed by atoms with Crippen molar-refractivity contribution in [2.45, 2.75) is 36.7 Å². The molecule has 0 saturated heterocycles. The van der Waals surface area contributed by atoms with Crippen molar-refractivity contribution in [3.63, 3.8) is 0 Å². The molecule has 4 aromatic rings. The number of nitrogens with zero attached hydrogens (tertiary/aromatic N) is 2. The number of aliphatic hydroxyl groups excluding tert-OH is 1. The first-order valence-electron chi connectivity index (χ1n) is 10.6. The molecule has 0 saturated carbocycles. The van der Waals surface area contributed by atoms with Gasteiger partial charge >= 0.3 is 0 Å². The van der Waals surface area contributed by atoms with Crippen molar-refractivity contribution < 1.29 is 5.11 Å². The van der Waals surface area contributed by atoms with Gasteiger partial charge in [-0.15, -0.1) is 0 Å². The van der Waals surface area contributed by atoms with Crippen molar-refractivity contribution in [3.05, 3.63) is 87.1 Å². The van der Waals surface area contributed by atoms with Gasteiger partial charge in [0, 0.05) is 22.7 Å². The fraction of sp³-hybridized carbons (Fsp3) is 0.231. The molecule has 156 valence electrons. The van der Waals surface area contributed by atoms with Crippen molar-refractivity contribution in [3.8, 4) is 11.1 Å². The number of halogens is 1. The largest absolute Gasteiger partial charge is 0.388 e. The highest BCUT2D eigenvalue weighted by atomic mass is 127. The Morgan fingerprint density at radius 2 is 2.03 bits per heavy atom. The summed E-state index contributed by atoms with van der Waals surface area (Å²) in [6.45, 7) is 3.83. The number of benzene rings is 1. The summed E-state index contributed by atoms with van der Waals surface area (Å²) in [4.78, 5) is 18.3. The molecule has 4 nitrogen and oxygen atoms in total. The van der Waals surface area contributed by atoms with Gasteiger partial charge in [0.1, 0.15) is 0 Å². The predicted molar refractivity (Wildman–Crippen MR) is 135 cm³/mol. The normalized spacial score (nSPS) is 16.5. The molecule has 3 heterocycles. The molecule has 0 radical (unpaired) electrons. The zero-order valence-corrected chi connectivity index (χ0v) is 19.6. The third kappa shape index (κ3) is 3.22. The number of rotatable bonds is 4. The molecule has 0 amide bonds. The minimum atomic E-state index is -0.646. The number of fused-ring (bicyclic) bond motifs is 4. The lowest BCUT2D eigenvalue weighted by Crippen LogP contribution is -2.19. The number of allylic oxidation sites excluding steroid dienone is 2. The first-order valence-corrected chi connectivity index (χ1v) is 11.8. The molecule has 1 N–H and O–H groups in total. The Labute approximate surface area is 194 Å². The second kappa shape index (κ2) is 7.88. The van der Waals surface area contributed by atoms with Crippen molar-refractivity contribution in [2.24, 2.45) is 0 Å². The van der Waals surface area contributed by atoms with Gasteiger partial charge in [0.05, 0.1) is 26.4 Å². The van der Waals surface area contributed by atoms with Gasteiger partial charge in [-0.05, 0) is 42.2 Å². The van der Waals surface area contributed by atoms with Gasteiger partial charge in [0.2, 0.25) is 0 Å². The standard InChI is InChI=1S/C26H23IN2O2/c1-3-8-22(30)17-13-21-25-18(14-29(21)26(31)15(17)2)23(16-9-5-4-6-10-16)24-19(27)11-7-12-20(24)28-25/h4-7,9-14,19,22,30H,3,8H2,1-2H3. The van der Waals surface area contributed by atoms with E-state index >= 15 is 0 Å². The maximum Gasteiger partial charge on any atom is 0.258 e. The fourth-order valence-electron chi connectivity index (χ4n) is 4.57. The van der Waals surface area contributed by atoms with Crippen LogP contribution in [0.3, 0.4) is 0 Å². The van der Waals surface area contributed by atoms with Crippen LogP contribution >= 0.6 is 22.6 Å². The van der Waals surface area contributed by atoms with Crippen LogP contribution in [-0.2, 0) is 0 Å². The highest BCUT2D eigenvalue weighted by Gasteiger charge is 2.23. The van der Waals surface area contributed by atoms with Crippen LogP contribution in [0.5, 0.6) is 0 Å². The van der Waals surface area contributed by atoms with E-state index in [1.165, 1.54) is 5.56 Å². The fourth-order valence-corrected chi connectivity index (χ4v) is 5.44. The van der Waals surface area contributed by atoms with Crippen LogP contribution in [-0.4, -0.2) is 14.5 Å². The average Bonchev–Trinajstić information content (AvgIpc) is 3.14. The summed E-state index contributed by atoms with van der Waals surface area (Å²) in [6, 6.07) is 12.3. The molecule has 31 heavy (non-hydrogen) atoms. The number of alkyl halides is 1. The van der Waals surface area contributed by atoms with Crippen LogP contribution in [0.1, 0.15) is 46.5 Å². The molecule has 2 unspecified atom stereocenters. The Balaban J connectivity index is 1.94. The van der Waals surface area contributed by atoms with E-state index in [9.17, 15) is 9.90 Å². The average molecular weight is 522 g/mol. The van der Waals surface area contributed by atoms with Gasteiger partial charge in [-0.1, -0.05) is 78.4 Å². The number of aliphatic hydroxyl groups is 1. The van der Waals surface area contributed by atoms with Crippen LogP contribution in [0.25, 0.3) is 33.6 Å². The van der Waals surface area contributed by atoms with Gasteiger partial charge in [-0.3, -0.25) is 9.20 Å². The molecule has 2 atom stereocenters. The molecular weight excluding hydrogens is 499 g/mol. The zero-order chi connectivity index (χ0) is 21.7. The summed E-state index contributed by atoms with van der Waals surface area (Å²) in [6.07, 6.45) is 9.01. The van der Waals surface area contributed by atoms with Crippen molar-refractivity contribution >= 4 is 45.1 Å². The molecule has 1 aliphatic rings. The lowest BCUT2D eigenvalue weighted by Gasteiger charge is -2.17. The molecule has 5 rings (SSSR count). The maximum atomic E-state index is 13.3. The molecule has 1 aromatic carbocycles. The lowest BCUT2D eigenvalue weighted by molar-refractivity contribution is 0.165. The van der Waals surface area contributed by atoms with Gasteiger partial charge in [0.25, 0.3) is 5.56 Å². The zero-order valence-electron chi connectivity index (χ0n) is 17.5. The van der Waals surface area contributed by atoms with E-state index in [-0.39, 0.29) is 9.48 Å². The first-order chi connectivity index (χ1) is 15.0. The number of hydrogen-bond acceptors (Lipinski definition) is 3. The molecule has 0 fully saturated rings. The minimum absolute atomic E-state index is 0.0919. The Kier molecular flexibility index (Phi) is 5.18. The van der Waals surface area contributed by atoms with Crippen molar-refractivity contribution in [2.75, 3.05) is 0 Å². The van der Waals surface area contributed by atoms with E-state index in [1.807, 2.05) is 49.5 Å². The molecule has 1 aliphatic carbocycles. The number of hydrogen-bond donors (Lipinski definition) is 1. The third-order valence-electron chi connectivity index (χ3n) is 6.12. The summed E-state index contributed by atoms with van der Waals surface area (Å²) in [7, 11) is 0. The van der Waals surface area contributed by atoms with Crippen LogP contribution in [0, 0.1) is 6.92 Å². The van der Waals surface area contributed by atoms with Crippen LogP contribution in [0.4, 0.5) is 0 Å². The summed E-state index contributed by atoms with van der Waals surface area (Å²) in [5, 5.41) is 12.6. The second-order valence-electron chi connectivity index (χ2n) is 8.09. The van der Waals surface area contributed by atoms with E-state index < -0.39 is 6.10 Å². The van der Waals surface area contributed by atoms with E-state index in [2.05, 4.69) is 40.8 Å². The monoisotopic (exact) mass is 522 g/mol. The predicted octanol–water partition coefficient (Wildman–Crippen LogP) is 5.20. The Morgan fingerprint density at radius 1 is 1.26 bits per heavy atom. The summed E-state index contributed by atoms with van der Waals surface area (Å²) >= 11 is 2.44. The summed E-state index contributed by atoms with van der Waals surface area (Å²) in [5.41, 5.74) is 6.17. The minimum Gasteiger partial charge on any atom is -0.388 e. The van der Waals surface area contributed by atoms with Gasteiger partial charge in [-0.25, -0.2) is 4.98 Å². The molecule has 3 aromatic heterocycles. The van der Waals surface area contributed by atoms with Gasteiger partial charge in [0.15, 0.2) is 0 Å². The summed E-state index contributed by atoms with van der Waals surface area (Å²) in [5.74, 6) is 0. The molecule has 0 bridgehead atoms. The van der Waals surface area contributed by atoms with Crippen molar-refractivity contribution in [1.82, 2.24) is 9.38 Å². The first kappa shape index (κ1) is 20.4. The summed E-state index contributed by atoms with van der Waals surface area (Å²) < 4.78 is 1.89. The van der Waals surface area contributed by atoms with Gasteiger partial charge in [-0.2, -0.15) is 0 Å². The highest BCUT2D eigenvalue weighted by molar-refractivity contribution is 14.1. The molecule has 0 spiro atoms. The lowest BCUT2D eigenvalue weighted by atomic mass is 9.93. The quantitative estimate of drug-likeness (QED) is 0.296. The molecule has 0 aliphatic heterocycles.